The predicted molar refractivity (Wildman–Crippen MR) is 86.2 cm³/mol. The summed E-state index contributed by atoms with van der Waals surface area (Å²) in [5.41, 5.74) is 0. The van der Waals surface area contributed by atoms with Gasteiger partial charge in [0.05, 0.1) is 11.9 Å². The maximum Gasteiger partial charge on any atom is 0.242 e. The predicted octanol–water partition coefficient (Wildman–Crippen LogP) is 2.71. The van der Waals surface area contributed by atoms with Crippen molar-refractivity contribution >= 4 is 44.9 Å². The molecule has 0 unspecified atom stereocenters. The molecule has 0 aromatic carbocycles. The Hall–Kier alpha value is -1.40. The number of likely N-dealkylation sites (tertiary alicyclic amines) is 1. The first-order chi connectivity index (χ1) is 10.0. The van der Waals surface area contributed by atoms with Crippen LogP contribution in [0.25, 0.3) is 10.2 Å². The maximum atomic E-state index is 12.3. The van der Waals surface area contributed by atoms with Crippen molar-refractivity contribution in [2.24, 2.45) is 0 Å². The number of hydrogen-bond donors (Lipinski definition) is 0. The van der Waals surface area contributed by atoms with E-state index in [1.54, 1.807) is 11.3 Å². The molecule has 0 saturated carbocycles. The molecule has 0 spiro atoms. The number of halogens is 1. The lowest BCUT2D eigenvalue weighted by Gasteiger charge is -2.22. The lowest BCUT2D eigenvalue weighted by atomic mass is 10.3. The number of amides is 1. The Morgan fingerprint density at radius 3 is 2.86 bits per heavy atom. The average Bonchev–Trinajstić information content (AvgIpc) is 3.05. The normalized spacial score (nSPS) is 14.9. The second-order valence-corrected chi connectivity index (χ2v) is 6.91. The molecule has 2 aromatic rings. The van der Waals surface area contributed by atoms with E-state index in [1.165, 1.54) is 0 Å². The van der Waals surface area contributed by atoms with Gasteiger partial charge in [-0.3, -0.25) is 4.79 Å². The summed E-state index contributed by atoms with van der Waals surface area (Å²) < 4.78 is 0. The van der Waals surface area contributed by atoms with Gasteiger partial charge in [-0.15, -0.1) is 11.3 Å². The molecule has 0 radical (unpaired) electrons. The lowest BCUT2D eigenvalue weighted by Crippen LogP contribution is -2.37. The van der Waals surface area contributed by atoms with E-state index in [0.29, 0.717) is 6.54 Å². The number of carbonyl (C=O) groups excluding carboxylic acids is 1. The summed E-state index contributed by atoms with van der Waals surface area (Å²) in [6, 6.07) is 2.04. The summed E-state index contributed by atoms with van der Waals surface area (Å²) in [7, 11) is 1.87. The molecule has 3 rings (SSSR count). The van der Waals surface area contributed by atoms with E-state index in [4.69, 9.17) is 11.6 Å². The van der Waals surface area contributed by atoms with Crippen LogP contribution in [-0.4, -0.2) is 47.5 Å². The van der Waals surface area contributed by atoms with E-state index < -0.39 is 0 Å². The number of thiophene rings is 1. The number of likely N-dealkylation sites (N-methyl/N-ethyl adjacent to an activating group) is 1. The first kappa shape index (κ1) is 14.5. The number of hydrogen-bond acceptors (Lipinski definition) is 5. The third-order valence-corrected chi connectivity index (χ3v) is 4.77. The first-order valence-corrected chi connectivity index (χ1v) is 8.16. The van der Waals surface area contributed by atoms with Crippen LogP contribution in [-0.2, 0) is 4.79 Å². The standard InChI is InChI=1S/C14H17ClN4OS/c1-9-7-10-12(16-14(15)17-13(10)21-9)18(2)8-11(20)19-5-3-4-6-19/h7H,3-6,8H2,1-2H3. The van der Waals surface area contributed by atoms with Crippen LogP contribution in [0.4, 0.5) is 5.82 Å². The van der Waals surface area contributed by atoms with Crippen molar-refractivity contribution in [3.05, 3.63) is 16.2 Å². The number of aryl methyl sites for hydroxylation is 1. The topological polar surface area (TPSA) is 49.3 Å². The van der Waals surface area contributed by atoms with E-state index >= 15 is 0 Å². The molecule has 0 bridgehead atoms. The average molecular weight is 325 g/mol. The molecule has 1 aliphatic heterocycles. The van der Waals surface area contributed by atoms with E-state index in [2.05, 4.69) is 9.97 Å². The smallest absolute Gasteiger partial charge is 0.242 e. The lowest BCUT2D eigenvalue weighted by molar-refractivity contribution is -0.128. The third kappa shape index (κ3) is 2.96. The maximum absolute atomic E-state index is 12.3. The van der Waals surface area contributed by atoms with Crippen LogP contribution < -0.4 is 4.90 Å². The molecule has 0 aliphatic carbocycles. The van der Waals surface area contributed by atoms with Crippen molar-refractivity contribution < 1.29 is 4.79 Å². The zero-order valence-corrected chi connectivity index (χ0v) is 13.7. The van der Waals surface area contributed by atoms with Gasteiger partial charge in [-0.25, -0.2) is 4.98 Å². The quantitative estimate of drug-likeness (QED) is 0.815. The molecule has 1 amide bonds. The van der Waals surface area contributed by atoms with Gasteiger partial charge in [0.15, 0.2) is 0 Å². The van der Waals surface area contributed by atoms with Crippen LogP contribution in [0.1, 0.15) is 17.7 Å². The fourth-order valence-corrected chi connectivity index (χ4v) is 3.73. The minimum atomic E-state index is 0.143. The monoisotopic (exact) mass is 324 g/mol. The molecule has 0 N–H and O–H groups in total. The minimum Gasteiger partial charge on any atom is -0.350 e. The highest BCUT2D eigenvalue weighted by Gasteiger charge is 2.21. The molecule has 5 nitrogen and oxygen atoms in total. The molecule has 3 heterocycles. The van der Waals surface area contributed by atoms with Crippen LogP contribution in [0.3, 0.4) is 0 Å². The Kier molecular flexibility index (Phi) is 3.99. The van der Waals surface area contributed by atoms with E-state index in [0.717, 1.165) is 46.8 Å². The number of carbonyl (C=O) groups is 1. The van der Waals surface area contributed by atoms with Gasteiger partial charge in [0.25, 0.3) is 0 Å². The molecule has 1 fully saturated rings. The van der Waals surface area contributed by atoms with Crippen molar-refractivity contribution in [1.29, 1.82) is 0 Å². The largest absolute Gasteiger partial charge is 0.350 e. The minimum absolute atomic E-state index is 0.143. The Morgan fingerprint density at radius 1 is 1.43 bits per heavy atom. The van der Waals surface area contributed by atoms with Crippen LogP contribution in [0.5, 0.6) is 0 Å². The summed E-state index contributed by atoms with van der Waals surface area (Å²) >= 11 is 7.59. The molecule has 1 saturated heterocycles. The molecule has 112 valence electrons. The zero-order valence-electron chi connectivity index (χ0n) is 12.1. The van der Waals surface area contributed by atoms with E-state index in [9.17, 15) is 4.79 Å². The second kappa shape index (κ2) is 5.77. The summed E-state index contributed by atoms with van der Waals surface area (Å²) in [4.78, 5) is 26.6. The van der Waals surface area contributed by atoms with Gasteiger partial charge in [-0.1, -0.05) is 0 Å². The van der Waals surface area contributed by atoms with Crippen molar-refractivity contribution in [2.75, 3.05) is 31.6 Å². The molecule has 1 aliphatic rings. The van der Waals surface area contributed by atoms with Gasteiger partial charge in [0, 0.05) is 25.0 Å². The SMILES string of the molecule is Cc1cc2c(N(C)CC(=O)N3CCCC3)nc(Cl)nc2s1. The van der Waals surface area contributed by atoms with Crippen molar-refractivity contribution in [2.45, 2.75) is 19.8 Å². The van der Waals surface area contributed by atoms with Crippen molar-refractivity contribution in [3.8, 4) is 0 Å². The Bertz CT molecular complexity index is 681. The summed E-state index contributed by atoms with van der Waals surface area (Å²) in [6.45, 7) is 4.07. The van der Waals surface area contributed by atoms with Gasteiger partial charge < -0.3 is 9.80 Å². The fraction of sp³-hybridized carbons (Fsp3) is 0.500. The summed E-state index contributed by atoms with van der Waals surface area (Å²) in [5, 5.41) is 1.18. The van der Waals surface area contributed by atoms with Crippen LogP contribution in [0.15, 0.2) is 6.07 Å². The van der Waals surface area contributed by atoms with Crippen molar-refractivity contribution in [1.82, 2.24) is 14.9 Å². The third-order valence-electron chi connectivity index (χ3n) is 3.66. The highest BCUT2D eigenvalue weighted by molar-refractivity contribution is 7.18. The molecule has 21 heavy (non-hydrogen) atoms. The second-order valence-electron chi connectivity index (χ2n) is 5.34. The zero-order chi connectivity index (χ0) is 15.0. The highest BCUT2D eigenvalue weighted by atomic mass is 35.5. The molecular formula is C14H17ClN4OS. The van der Waals surface area contributed by atoms with Gasteiger partial charge in [0.2, 0.25) is 11.2 Å². The van der Waals surface area contributed by atoms with Gasteiger partial charge in [-0.05, 0) is 37.4 Å². The molecule has 7 heteroatoms. The number of fused-ring (bicyclic) bond motifs is 1. The highest BCUT2D eigenvalue weighted by Crippen LogP contribution is 2.31. The number of nitrogens with zero attached hydrogens (tertiary/aromatic N) is 4. The van der Waals surface area contributed by atoms with Gasteiger partial charge in [0.1, 0.15) is 10.6 Å². The summed E-state index contributed by atoms with van der Waals surface area (Å²) in [6.07, 6.45) is 2.20. The Labute approximate surface area is 132 Å². The Morgan fingerprint density at radius 2 is 2.14 bits per heavy atom. The van der Waals surface area contributed by atoms with Gasteiger partial charge in [-0.2, -0.15) is 4.98 Å². The number of aromatic nitrogens is 2. The van der Waals surface area contributed by atoms with Crippen LogP contribution in [0, 0.1) is 6.92 Å². The molecular weight excluding hydrogens is 308 g/mol. The fourth-order valence-electron chi connectivity index (χ4n) is 2.64. The number of anilines is 1. The van der Waals surface area contributed by atoms with E-state index in [1.807, 2.05) is 29.8 Å². The Balaban J connectivity index is 1.86. The number of rotatable bonds is 3. The van der Waals surface area contributed by atoms with E-state index in [-0.39, 0.29) is 11.2 Å². The molecule has 0 atom stereocenters. The van der Waals surface area contributed by atoms with Crippen LogP contribution in [0.2, 0.25) is 5.28 Å². The summed E-state index contributed by atoms with van der Waals surface area (Å²) in [5.74, 6) is 0.867. The van der Waals surface area contributed by atoms with Gasteiger partial charge >= 0.3 is 0 Å². The first-order valence-electron chi connectivity index (χ1n) is 6.97. The van der Waals surface area contributed by atoms with Crippen molar-refractivity contribution in [3.63, 3.8) is 0 Å². The molecule has 2 aromatic heterocycles. The van der Waals surface area contributed by atoms with Crippen LogP contribution >= 0.6 is 22.9 Å².